The molecule has 108 valence electrons. The number of carboxylic acids is 1. The summed E-state index contributed by atoms with van der Waals surface area (Å²) in [7, 11) is -2.67. The Morgan fingerprint density at radius 3 is 2.75 bits per heavy atom. The van der Waals surface area contributed by atoms with Gasteiger partial charge in [-0.1, -0.05) is 0 Å². The molecule has 0 fully saturated rings. The zero-order valence-corrected chi connectivity index (χ0v) is 11.4. The number of carboxylic acid groups (broad SMARTS) is 1. The highest BCUT2D eigenvalue weighted by Crippen LogP contribution is 2.25. The molecule has 1 aromatic carbocycles. The van der Waals surface area contributed by atoms with Crippen molar-refractivity contribution >= 4 is 27.0 Å². The van der Waals surface area contributed by atoms with E-state index in [2.05, 4.69) is 0 Å². The molecule has 0 aliphatic carbocycles. The summed E-state index contributed by atoms with van der Waals surface area (Å²) in [5.41, 5.74) is 0.247. The fourth-order valence-electron chi connectivity index (χ4n) is 1.64. The first-order valence-electron chi connectivity index (χ1n) is 5.68. The van der Waals surface area contributed by atoms with Gasteiger partial charge < -0.3 is 9.52 Å². The summed E-state index contributed by atoms with van der Waals surface area (Å²) in [5, 5.41) is 8.54. The maximum atomic E-state index is 13.0. The monoisotopic (exact) mass is 301 g/mol. The molecule has 0 bridgehead atoms. The number of aliphatic carboxylic acids is 1. The minimum absolute atomic E-state index is 0.178. The third-order valence-corrected chi connectivity index (χ3v) is 4.47. The molecule has 8 heteroatoms. The molecule has 1 heterocycles. The lowest BCUT2D eigenvalue weighted by Gasteiger charge is -2.13. The van der Waals surface area contributed by atoms with E-state index < -0.39 is 21.8 Å². The summed E-state index contributed by atoms with van der Waals surface area (Å²) < 4.78 is 43.4. The molecule has 0 atom stereocenters. The first-order chi connectivity index (χ1) is 9.30. The summed E-state index contributed by atoms with van der Waals surface area (Å²) in [5.74, 6) is -1.60. The van der Waals surface area contributed by atoms with Crippen LogP contribution in [0.1, 0.15) is 6.42 Å². The lowest BCUT2D eigenvalue weighted by Crippen LogP contribution is -2.28. The Morgan fingerprint density at radius 2 is 2.10 bits per heavy atom. The molecule has 0 amide bonds. The highest BCUT2D eigenvalue weighted by Gasteiger charge is 2.25. The van der Waals surface area contributed by atoms with Crippen molar-refractivity contribution < 1.29 is 27.1 Å². The first-order valence-corrected chi connectivity index (χ1v) is 7.12. The molecule has 0 saturated carbocycles. The Hall–Kier alpha value is -1.93. The van der Waals surface area contributed by atoms with Crippen molar-refractivity contribution in [2.75, 3.05) is 13.6 Å². The molecule has 0 radical (unpaired) electrons. The van der Waals surface area contributed by atoms with E-state index in [1.54, 1.807) is 0 Å². The molecule has 6 nitrogen and oxygen atoms in total. The van der Waals surface area contributed by atoms with Gasteiger partial charge in [0.25, 0.3) is 10.0 Å². The summed E-state index contributed by atoms with van der Waals surface area (Å²) in [6.07, 6.45) is -0.315. The average molecular weight is 301 g/mol. The van der Waals surface area contributed by atoms with Crippen LogP contribution in [0, 0.1) is 5.82 Å². The van der Waals surface area contributed by atoms with E-state index in [0.717, 1.165) is 16.4 Å². The van der Waals surface area contributed by atoms with Crippen LogP contribution in [-0.2, 0) is 14.8 Å². The normalized spacial score (nSPS) is 12.2. The zero-order chi connectivity index (χ0) is 14.9. The third-order valence-electron chi connectivity index (χ3n) is 2.76. The fourth-order valence-corrected chi connectivity index (χ4v) is 2.75. The van der Waals surface area contributed by atoms with Crippen molar-refractivity contribution in [1.82, 2.24) is 4.31 Å². The van der Waals surface area contributed by atoms with Gasteiger partial charge in [-0.2, -0.15) is 4.31 Å². The molecular formula is C12H12FNO5S. The number of hydrogen-bond acceptors (Lipinski definition) is 4. The topological polar surface area (TPSA) is 87.8 Å². The minimum Gasteiger partial charge on any atom is -0.481 e. The van der Waals surface area contributed by atoms with Crippen LogP contribution >= 0.6 is 0 Å². The number of rotatable bonds is 5. The zero-order valence-electron chi connectivity index (χ0n) is 10.5. The maximum Gasteiger partial charge on any atom is 0.304 e. The number of hydrogen-bond donors (Lipinski definition) is 1. The van der Waals surface area contributed by atoms with Gasteiger partial charge in [0.2, 0.25) is 5.09 Å². The Balaban J connectivity index is 2.33. The second kappa shape index (κ2) is 5.22. The molecule has 20 heavy (non-hydrogen) atoms. The molecule has 0 unspecified atom stereocenters. The van der Waals surface area contributed by atoms with Crippen molar-refractivity contribution in [3.63, 3.8) is 0 Å². The first kappa shape index (κ1) is 14.5. The fraction of sp³-hybridized carbons (Fsp3) is 0.250. The van der Waals surface area contributed by atoms with Gasteiger partial charge in [-0.05, 0) is 18.2 Å². The molecule has 0 saturated heterocycles. The van der Waals surface area contributed by atoms with Gasteiger partial charge in [-0.3, -0.25) is 4.79 Å². The number of sulfonamides is 1. The van der Waals surface area contributed by atoms with Crippen LogP contribution in [0.4, 0.5) is 4.39 Å². The van der Waals surface area contributed by atoms with Crippen molar-refractivity contribution in [2.24, 2.45) is 0 Å². The van der Waals surface area contributed by atoms with E-state index in [0.29, 0.717) is 5.39 Å². The van der Waals surface area contributed by atoms with E-state index in [4.69, 9.17) is 9.52 Å². The predicted molar refractivity (Wildman–Crippen MR) is 68.2 cm³/mol. The van der Waals surface area contributed by atoms with Crippen molar-refractivity contribution in [3.05, 3.63) is 30.1 Å². The molecule has 1 N–H and O–H groups in total. The summed E-state index contributed by atoms with van der Waals surface area (Å²) >= 11 is 0. The second-order valence-electron chi connectivity index (χ2n) is 4.22. The highest BCUT2D eigenvalue weighted by atomic mass is 32.2. The van der Waals surface area contributed by atoms with Crippen molar-refractivity contribution in [3.8, 4) is 0 Å². The van der Waals surface area contributed by atoms with Crippen LogP contribution in [0.25, 0.3) is 11.0 Å². The van der Waals surface area contributed by atoms with Crippen molar-refractivity contribution in [1.29, 1.82) is 0 Å². The van der Waals surface area contributed by atoms with Crippen LogP contribution in [0.15, 0.2) is 33.8 Å². The number of halogens is 1. The van der Waals surface area contributed by atoms with Crippen LogP contribution in [0.5, 0.6) is 0 Å². The maximum absolute atomic E-state index is 13.0. The standard InChI is InChI=1S/C12H12FNO5S/c1-14(5-4-11(15)16)20(17,18)12-7-8-6-9(13)2-3-10(8)19-12/h2-3,6-7H,4-5H2,1H3,(H,15,16). The van der Waals surface area contributed by atoms with Gasteiger partial charge >= 0.3 is 5.97 Å². The van der Waals surface area contributed by atoms with E-state index in [1.165, 1.54) is 19.2 Å². The van der Waals surface area contributed by atoms with Gasteiger partial charge in [0.05, 0.1) is 6.42 Å². The smallest absolute Gasteiger partial charge is 0.304 e. The van der Waals surface area contributed by atoms with Gasteiger partial charge in [0.1, 0.15) is 11.4 Å². The molecule has 2 rings (SSSR count). The lowest BCUT2D eigenvalue weighted by molar-refractivity contribution is -0.137. The lowest BCUT2D eigenvalue weighted by atomic mass is 10.2. The molecule has 2 aromatic rings. The largest absolute Gasteiger partial charge is 0.481 e. The number of benzene rings is 1. The van der Waals surface area contributed by atoms with E-state index in [9.17, 15) is 17.6 Å². The Labute approximate surface area is 114 Å². The van der Waals surface area contributed by atoms with Crippen molar-refractivity contribution in [2.45, 2.75) is 11.5 Å². The average Bonchev–Trinajstić information content (AvgIpc) is 2.79. The van der Waals surface area contributed by atoms with Gasteiger partial charge in [0, 0.05) is 25.0 Å². The third kappa shape index (κ3) is 2.81. The van der Waals surface area contributed by atoms with E-state index >= 15 is 0 Å². The Kier molecular flexibility index (Phi) is 3.78. The van der Waals surface area contributed by atoms with Crippen LogP contribution < -0.4 is 0 Å². The van der Waals surface area contributed by atoms with Gasteiger partial charge in [-0.15, -0.1) is 0 Å². The Morgan fingerprint density at radius 1 is 1.40 bits per heavy atom. The second-order valence-corrected chi connectivity index (χ2v) is 6.19. The molecule has 0 aliphatic heterocycles. The van der Waals surface area contributed by atoms with Crippen LogP contribution in [0.2, 0.25) is 0 Å². The molecule has 0 aliphatic rings. The number of furan rings is 1. The number of nitrogens with zero attached hydrogens (tertiary/aromatic N) is 1. The molecule has 1 aromatic heterocycles. The summed E-state index contributed by atoms with van der Waals surface area (Å²) in [4.78, 5) is 10.5. The summed E-state index contributed by atoms with van der Waals surface area (Å²) in [6, 6.07) is 4.87. The van der Waals surface area contributed by atoms with Gasteiger partial charge in [-0.25, -0.2) is 12.8 Å². The number of carbonyl (C=O) groups is 1. The minimum atomic E-state index is -3.93. The Bertz CT molecular complexity index is 752. The van der Waals surface area contributed by atoms with Gasteiger partial charge in [0.15, 0.2) is 0 Å². The molecular weight excluding hydrogens is 289 g/mol. The molecule has 0 spiro atoms. The highest BCUT2D eigenvalue weighted by molar-refractivity contribution is 7.89. The van der Waals surface area contributed by atoms with E-state index in [1.807, 2.05) is 0 Å². The summed E-state index contributed by atoms with van der Waals surface area (Å²) in [6.45, 7) is -0.178. The predicted octanol–water partition coefficient (Wildman–Crippen LogP) is 1.67. The number of fused-ring (bicyclic) bond motifs is 1. The van der Waals surface area contributed by atoms with E-state index in [-0.39, 0.29) is 23.6 Å². The quantitative estimate of drug-likeness (QED) is 0.907. The van der Waals surface area contributed by atoms with Crippen LogP contribution in [-0.4, -0.2) is 37.4 Å². The van der Waals surface area contributed by atoms with Crippen LogP contribution in [0.3, 0.4) is 0 Å². The SMILES string of the molecule is CN(CCC(=O)O)S(=O)(=O)c1cc2cc(F)ccc2o1.